The largest absolute Gasteiger partial charge is 0.456 e. The highest BCUT2D eigenvalue weighted by Gasteiger charge is 2.24. The highest BCUT2D eigenvalue weighted by molar-refractivity contribution is 7.26. The van der Waals surface area contributed by atoms with Crippen LogP contribution in [0.5, 0.6) is 0 Å². The summed E-state index contributed by atoms with van der Waals surface area (Å²) >= 11 is 1.77. The van der Waals surface area contributed by atoms with Gasteiger partial charge >= 0.3 is 0 Å². The smallest absolute Gasteiger partial charge is 0.161 e. The van der Waals surface area contributed by atoms with Crippen LogP contribution in [0, 0.1) is 0 Å². The van der Waals surface area contributed by atoms with Gasteiger partial charge in [-0.25, -0.2) is 9.97 Å². The molecule has 254 valence electrons. The van der Waals surface area contributed by atoms with Gasteiger partial charge in [0.15, 0.2) is 5.82 Å². The fourth-order valence-electron chi connectivity index (χ4n) is 9.14. The summed E-state index contributed by atoms with van der Waals surface area (Å²) in [7, 11) is 0. The molecule has 0 unspecified atom stereocenters. The van der Waals surface area contributed by atoms with E-state index in [1.165, 1.54) is 37.0 Å². The van der Waals surface area contributed by atoms with Crippen LogP contribution in [0.3, 0.4) is 0 Å². The van der Waals surface area contributed by atoms with Gasteiger partial charge in [-0.1, -0.05) is 115 Å². The SMILES string of the molecule is c1ccc2cc(-c3nc(-c4ccc(-n5c6ccc7cccc8oc9cccc%10ccc5c(c%109)c6c78)c5ccccc45)nc4c3sc3ccccc34)ccc2c1. The number of fused-ring (bicyclic) bond motifs is 5. The van der Waals surface area contributed by atoms with E-state index >= 15 is 0 Å². The maximum Gasteiger partial charge on any atom is 0.161 e. The van der Waals surface area contributed by atoms with Crippen LogP contribution in [0.15, 0.2) is 168 Å². The van der Waals surface area contributed by atoms with Crippen LogP contribution >= 0.6 is 11.3 Å². The van der Waals surface area contributed by atoms with Gasteiger partial charge < -0.3 is 8.98 Å². The summed E-state index contributed by atoms with van der Waals surface area (Å²) in [5.41, 5.74) is 9.26. The summed E-state index contributed by atoms with van der Waals surface area (Å²) in [6.45, 7) is 0. The molecule has 0 bridgehead atoms. The molecule has 13 rings (SSSR count). The van der Waals surface area contributed by atoms with Gasteiger partial charge in [0.2, 0.25) is 0 Å². The summed E-state index contributed by atoms with van der Waals surface area (Å²) in [6.07, 6.45) is 0. The minimum absolute atomic E-state index is 0.724. The lowest BCUT2D eigenvalue weighted by Gasteiger charge is -2.15. The van der Waals surface area contributed by atoms with Crippen LogP contribution in [-0.4, -0.2) is 14.5 Å². The van der Waals surface area contributed by atoms with E-state index in [4.69, 9.17) is 14.4 Å². The Morgan fingerprint density at radius 3 is 1.87 bits per heavy atom. The molecule has 0 aliphatic rings. The van der Waals surface area contributed by atoms with Crippen molar-refractivity contribution in [1.82, 2.24) is 14.5 Å². The van der Waals surface area contributed by atoms with Gasteiger partial charge in [-0.3, -0.25) is 0 Å². The Labute approximate surface area is 317 Å². The monoisotopic (exact) mass is 717 g/mol. The van der Waals surface area contributed by atoms with Crippen molar-refractivity contribution >= 4 is 108 Å². The van der Waals surface area contributed by atoms with Gasteiger partial charge in [0.05, 0.1) is 32.6 Å². The summed E-state index contributed by atoms with van der Waals surface area (Å²) in [5, 5.41) is 12.9. The van der Waals surface area contributed by atoms with Crippen molar-refractivity contribution in [3.8, 4) is 28.3 Å². The molecule has 55 heavy (non-hydrogen) atoms. The number of benzene rings is 9. The molecule has 0 saturated carbocycles. The zero-order chi connectivity index (χ0) is 35.8. The lowest BCUT2D eigenvalue weighted by atomic mass is 10.00. The fraction of sp³-hybridized carbons (Fsp3) is 0. The van der Waals surface area contributed by atoms with E-state index in [1.54, 1.807) is 11.3 Å². The van der Waals surface area contributed by atoms with Gasteiger partial charge in [-0.15, -0.1) is 11.3 Å². The number of nitrogens with zero attached hydrogens (tertiary/aromatic N) is 3. The Morgan fingerprint density at radius 2 is 1.11 bits per heavy atom. The molecule has 0 N–H and O–H groups in total. The quantitative estimate of drug-likeness (QED) is 0.183. The van der Waals surface area contributed by atoms with Crippen molar-refractivity contribution in [2.24, 2.45) is 0 Å². The molecular weight excluding hydrogens is 691 g/mol. The standard InChI is InChI=1S/C50H27N3OS/c1-2-10-31-27-32(20-19-28(31)9-1)47-49-48(36-15-5-6-18-42(36)55-49)52-50(51-47)35-23-26-37(34-14-4-3-13-33(34)35)53-38-24-21-29-11-7-16-40-43(29)45(38)46-39(53)25-22-30-12-8-17-41(54-40)44(30)46/h1-27H. The second kappa shape index (κ2) is 10.8. The Morgan fingerprint density at radius 1 is 0.473 bits per heavy atom. The summed E-state index contributed by atoms with van der Waals surface area (Å²) < 4.78 is 11.5. The highest BCUT2D eigenvalue weighted by atomic mass is 32.1. The molecule has 0 atom stereocenters. The molecule has 9 aromatic carbocycles. The third-order valence-electron chi connectivity index (χ3n) is 11.5. The van der Waals surface area contributed by atoms with Gasteiger partial charge in [-0.05, 0) is 75.5 Å². The van der Waals surface area contributed by atoms with Crippen molar-refractivity contribution in [2.45, 2.75) is 0 Å². The van der Waals surface area contributed by atoms with Gasteiger partial charge in [0.25, 0.3) is 0 Å². The number of hydrogen-bond acceptors (Lipinski definition) is 4. The molecule has 0 aliphatic carbocycles. The van der Waals surface area contributed by atoms with Crippen molar-refractivity contribution in [1.29, 1.82) is 0 Å². The summed E-state index contributed by atoms with van der Waals surface area (Å²) in [5.74, 6) is 0.724. The average Bonchev–Trinajstić information content (AvgIpc) is 3.74. The van der Waals surface area contributed by atoms with Crippen LogP contribution in [-0.2, 0) is 0 Å². The maximum absolute atomic E-state index is 6.69. The molecule has 0 spiro atoms. The first-order valence-electron chi connectivity index (χ1n) is 18.6. The van der Waals surface area contributed by atoms with E-state index in [0.29, 0.717) is 0 Å². The van der Waals surface area contributed by atoms with E-state index in [9.17, 15) is 0 Å². The van der Waals surface area contributed by atoms with Crippen LogP contribution < -0.4 is 0 Å². The van der Waals surface area contributed by atoms with E-state index in [2.05, 4.69) is 168 Å². The second-order valence-electron chi connectivity index (χ2n) is 14.5. The minimum atomic E-state index is 0.724. The van der Waals surface area contributed by atoms with Crippen molar-refractivity contribution in [3.63, 3.8) is 0 Å². The molecule has 0 fully saturated rings. The molecule has 0 radical (unpaired) electrons. The third-order valence-corrected chi connectivity index (χ3v) is 12.7. The Kier molecular flexibility index (Phi) is 5.74. The van der Waals surface area contributed by atoms with Crippen molar-refractivity contribution in [2.75, 3.05) is 0 Å². The Hall–Kier alpha value is -7.08. The van der Waals surface area contributed by atoms with Gasteiger partial charge in [-0.2, -0.15) is 0 Å². The number of hydrogen-bond donors (Lipinski definition) is 0. The molecular formula is C50H27N3OS. The average molecular weight is 718 g/mol. The highest BCUT2D eigenvalue weighted by Crippen LogP contribution is 2.46. The molecule has 4 heterocycles. The van der Waals surface area contributed by atoms with Crippen molar-refractivity contribution < 1.29 is 4.42 Å². The van der Waals surface area contributed by atoms with E-state index < -0.39 is 0 Å². The lowest BCUT2D eigenvalue weighted by Crippen LogP contribution is -1.98. The molecule has 0 aliphatic heterocycles. The first kappa shape index (κ1) is 29.4. The maximum atomic E-state index is 6.69. The zero-order valence-corrected chi connectivity index (χ0v) is 30.1. The summed E-state index contributed by atoms with van der Waals surface area (Å²) in [4.78, 5) is 10.8. The molecule has 5 heteroatoms. The zero-order valence-electron chi connectivity index (χ0n) is 29.2. The Balaban J connectivity index is 1.11. The third kappa shape index (κ3) is 4.00. The Bertz CT molecular complexity index is 3630. The fourth-order valence-corrected chi connectivity index (χ4v) is 10.3. The topological polar surface area (TPSA) is 43.9 Å². The van der Waals surface area contributed by atoms with E-state index in [0.717, 1.165) is 87.7 Å². The van der Waals surface area contributed by atoms with Crippen molar-refractivity contribution in [3.05, 3.63) is 164 Å². The minimum Gasteiger partial charge on any atom is -0.456 e. The number of aromatic nitrogens is 3. The molecule has 13 aromatic rings. The van der Waals surface area contributed by atoms with E-state index in [-0.39, 0.29) is 0 Å². The predicted molar refractivity (Wildman–Crippen MR) is 231 cm³/mol. The number of rotatable bonds is 3. The molecule has 4 aromatic heterocycles. The summed E-state index contributed by atoms with van der Waals surface area (Å²) in [6, 6.07) is 58.7. The predicted octanol–water partition coefficient (Wildman–Crippen LogP) is 14.1. The van der Waals surface area contributed by atoms with Crippen LogP contribution in [0.4, 0.5) is 0 Å². The molecule has 0 amide bonds. The molecule has 0 saturated heterocycles. The van der Waals surface area contributed by atoms with Gasteiger partial charge in [0, 0.05) is 48.1 Å². The lowest BCUT2D eigenvalue weighted by molar-refractivity contribution is 0.664. The second-order valence-corrected chi connectivity index (χ2v) is 15.5. The molecule has 4 nitrogen and oxygen atoms in total. The van der Waals surface area contributed by atoms with Crippen LogP contribution in [0.25, 0.3) is 125 Å². The van der Waals surface area contributed by atoms with E-state index in [1.807, 2.05) is 0 Å². The first-order chi connectivity index (χ1) is 27.3. The first-order valence-corrected chi connectivity index (χ1v) is 19.4. The van der Waals surface area contributed by atoms with Gasteiger partial charge in [0.1, 0.15) is 11.2 Å². The van der Waals surface area contributed by atoms with Crippen LogP contribution in [0.1, 0.15) is 0 Å². The van der Waals surface area contributed by atoms with Crippen LogP contribution in [0.2, 0.25) is 0 Å². The normalized spacial score (nSPS) is 12.4. The number of thiophene rings is 1.